The number of amides is 1. The topological polar surface area (TPSA) is 23.6 Å². The normalized spacial score (nSPS) is 18.6. The molecule has 0 radical (unpaired) electrons. The Morgan fingerprint density at radius 1 is 1.21 bits per heavy atom. The molecule has 2 aromatic rings. The number of carbonyl (C=O) groups excluding carboxylic acids is 1. The Morgan fingerprint density at radius 3 is 2.62 bits per heavy atom. The molecule has 24 heavy (non-hydrogen) atoms. The van der Waals surface area contributed by atoms with Gasteiger partial charge in [0.25, 0.3) is 5.91 Å². The van der Waals surface area contributed by atoms with Gasteiger partial charge in [0, 0.05) is 36.7 Å². The van der Waals surface area contributed by atoms with E-state index in [1.807, 2.05) is 23.1 Å². The smallest absolute Gasteiger partial charge is 0.255 e. The summed E-state index contributed by atoms with van der Waals surface area (Å²) in [5.74, 6) is -0.395. The Bertz CT molecular complexity index is 723. The zero-order valence-electron chi connectivity index (χ0n) is 13.6. The molecule has 2 aromatic carbocycles. The number of halogens is 2. The molecule has 0 aliphatic carbocycles. The SMILES string of the molecule is C[C@@H]1CN(Cc2ccccc2)CCN1C(=O)c1ccc(F)cc1Br. The molecule has 0 unspecified atom stereocenters. The molecule has 3 rings (SSSR count). The van der Waals surface area contributed by atoms with Crippen molar-refractivity contribution in [3.63, 3.8) is 0 Å². The van der Waals surface area contributed by atoms with Gasteiger partial charge in [-0.15, -0.1) is 0 Å². The van der Waals surface area contributed by atoms with Crippen LogP contribution in [0.5, 0.6) is 0 Å². The van der Waals surface area contributed by atoms with Crippen molar-refractivity contribution in [1.29, 1.82) is 0 Å². The fourth-order valence-corrected chi connectivity index (χ4v) is 3.66. The largest absolute Gasteiger partial charge is 0.333 e. The van der Waals surface area contributed by atoms with Gasteiger partial charge in [-0.05, 0) is 46.6 Å². The summed E-state index contributed by atoms with van der Waals surface area (Å²) in [6, 6.07) is 14.7. The van der Waals surface area contributed by atoms with E-state index in [0.717, 1.165) is 19.6 Å². The summed E-state index contributed by atoms with van der Waals surface area (Å²) >= 11 is 3.29. The molecule has 0 spiro atoms. The Kier molecular flexibility index (Phi) is 5.31. The summed E-state index contributed by atoms with van der Waals surface area (Å²) in [7, 11) is 0. The van der Waals surface area contributed by atoms with Crippen LogP contribution in [-0.2, 0) is 6.54 Å². The molecule has 1 aliphatic heterocycles. The molecule has 1 amide bonds. The number of benzene rings is 2. The van der Waals surface area contributed by atoms with Crippen LogP contribution >= 0.6 is 15.9 Å². The lowest BCUT2D eigenvalue weighted by Gasteiger charge is -2.40. The minimum absolute atomic E-state index is 0.0475. The molecular formula is C19H20BrFN2O. The summed E-state index contributed by atoms with van der Waals surface area (Å²) in [5, 5.41) is 0. The second kappa shape index (κ2) is 7.45. The molecule has 1 aliphatic rings. The van der Waals surface area contributed by atoms with Gasteiger partial charge in [0.1, 0.15) is 5.82 Å². The van der Waals surface area contributed by atoms with Crippen LogP contribution in [0.3, 0.4) is 0 Å². The summed E-state index contributed by atoms with van der Waals surface area (Å²) in [5.41, 5.74) is 1.80. The van der Waals surface area contributed by atoms with Crippen molar-refractivity contribution in [2.45, 2.75) is 19.5 Å². The molecule has 0 N–H and O–H groups in total. The van der Waals surface area contributed by atoms with E-state index >= 15 is 0 Å². The Balaban J connectivity index is 1.66. The number of nitrogens with zero attached hydrogens (tertiary/aromatic N) is 2. The molecule has 0 aromatic heterocycles. The van der Waals surface area contributed by atoms with Crippen LogP contribution in [0.15, 0.2) is 53.0 Å². The molecule has 1 fully saturated rings. The molecule has 126 valence electrons. The molecule has 0 bridgehead atoms. The first-order valence-corrected chi connectivity index (χ1v) is 8.86. The zero-order valence-corrected chi connectivity index (χ0v) is 15.2. The molecule has 5 heteroatoms. The first-order valence-electron chi connectivity index (χ1n) is 8.07. The number of hydrogen-bond acceptors (Lipinski definition) is 2. The zero-order chi connectivity index (χ0) is 17.1. The average molecular weight is 391 g/mol. The molecule has 1 heterocycles. The fourth-order valence-electron chi connectivity index (χ4n) is 3.14. The Morgan fingerprint density at radius 2 is 1.96 bits per heavy atom. The third-order valence-corrected chi connectivity index (χ3v) is 5.04. The van der Waals surface area contributed by atoms with Crippen LogP contribution in [0, 0.1) is 5.82 Å². The maximum atomic E-state index is 13.2. The maximum absolute atomic E-state index is 13.2. The van der Waals surface area contributed by atoms with Crippen molar-refractivity contribution in [1.82, 2.24) is 9.80 Å². The minimum atomic E-state index is -0.348. The summed E-state index contributed by atoms with van der Waals surface area (Å²) in [6.07, 6.45) is 0. The molecule has 0 saturated carbocycles. The lowest BCUT2D eigenvalue weighted by Crippen LogP contribution is -2.53. The lowest BCUT2D eigenvalue weighted by molar-refractivity contribution is 0.0474. The summed E-state index contributed by atoms with van der Waals surface area (Å²) < 4.78 is 13.7. The van der Waals surface area contributed by atoms with Gasteiger partial charge in [-0.1, -0.05) is 30.3 Å². The first-order chi connectivity index (χ1) is 11.5. The summed E-state index contributed by atoms with van der Waals surface area (Å²) in [6.45, 7) is 5.31. The third kappa shape index (κ3) is 3.84. The van der Waals surface area contributed by atoms with E-state index in [0.29, 0.717) is 16.6 Å². The van der Waals surface area contributed by atoms with Gasteiger partial charge in [-0.25, -0.2) is 4.39 Å². The van der Waals surface area contributed by atoms with Crippen molar-refractivity contribution in [3.8, 4) is 0 Å². The van der Waals surface area contributed by atoms with Crippen molar-refractivity contribution in [3.05, 3.63) is 69.9 Å². The van der Waals surface area contributed by atoms with Crippen LogP contribution in [-0.4, -0.2) is 41.4 Å². The molecule has 1 saturated heterocycles. The van der Waals surface area contributed by atoms with E-state index in [1.165, 1.54) is 17.7 Å². The lowest BCUT2D eigenvalue weighted by atomic mass is 10.1. The highest BCUT2D eigenvalue weighted by atomic mass is 79.9. The Hall–Kier alpha value is -1.72. The molecular weight excluding hydrogens is 371 g/mol. The van der Waals surface area contributed by atoms with E-state index in [2.05, 4.69) is 39.9 Å². The van der Waals surface area contributed by atoms with Gasteiger partial charge in [0.15, 0.2) is 0 Å². The van der Waals surface area contributed by atoms with Gasteiger partial charge >= 0.3 is 0 Å². The molecule has 3 nitrogen and oxygen atoms in total. The van der Waals surface area contributed by atoms with Gasteiger partial charge in [-0.2, -0.15) is 0 Å². The van der Waals surface area contributed by atoms with E-state index in [-0.39, 0.29) is 17.8 Å². The van der Waals surface area contributed by atoms with Crippen LogP contribution in [0.2, 0.25) is 0 Å². The minimum Gasteiger partial charge on any atom is -0.333 e. The van der Waals surface area contributed by atoms with Gasteiger partial charge < -0.3 is 4.90 Å². The monoisotopic (exact) mass is 390 g/mol. The summed E-state index contributed by atoms with van der Waals surface area (Å²) in [4.78, 5) is 17.0. The average Bonchev–Trinajstić information content (AvgIpc) is 2.55. The predicted molar refractivity (Wildman–Crippen MR) is 96.3 cm³/mol. The van der Waals surface area contributed by atoms with E-state index < -0.39 is 0 Å². The predicted octanol–water partition coefficient (Wildman–Crippen LogP) is 3.93. The maximum Gasteiger partial charge on any atom is 0.255 e. The van der Waals surface area contributed by atoms with Crippen LogP contribution < -0.4 is 0 Å². The van der Waals surface area contributed by atoms with Gasteiger partial charge in [0.05, 0.1) is 5.56 Å². The van der Waals surface area contributed by atoms with E-state index in [1.54, 1.807) is 6.07 Å². The highest BCUT2D eigenvalue weighted by molar-refractivity contribution is 9.10. The Labute approximate surface area is 150 Å². The fraction of sp³-hybridized carbons (Fsp3) is 0.316. The number of piperazine rings is 1. The highest BCUT2D eigenvalue weighted by Crippen LogP contribution is 2.22. The second-order valence-corrected chi connectivity index (χ2v) is 7.05. The molecule has 1 atom stereocenters. The standard InChI is InChI=1S/C19H20BrFN2O/c1-14-12-22(13-15-5-3-2-4-6-15)9-10-23(14)19(24)17-8-7-16(21)11-18(17)20/h2-8,11,14H,9-10,12-13H2,1H3/t14-/m1/s1. The van der Waals surface area contributed by atoms with E-state index in [4.69, 9.17) is 0 Å². The van der Waals surface area contributed by atoms with Crippen molar-refractivity contribution in [2.75, 3.05) is 19.6 Å². The number of hydrogen-bond donors (Lipinski definition) is 0. The van der Waals surface area contributed by atoms with Crippen molar-refractivity contribution in [2.24, 2.45) is 0 Å². The van der Waals surface area contributed by atoms with Crippen molar-refractivity contribution >= 4 is 21.8 Å². The van der Waals surface area contributed by atoms with Crippen LogP contribution in [0.1, 0.15) is 22.8 Å². The third-order valence-electron chi connectivity index (χ3n) is 4.38. The van der Waals surface area contributed by atoms with Crippen LogP contribution in [0.4, 0.5) is 4.39 Å². The van der Waals surface area contributed by atoms with Crippen LogP contribution in [0.25, 0.3) is 0 Å². The quantitative estimate of drug-likeness (QED) is 0.792. The number of rotatable bonds is 3. The van der Waals surface area contributed by atoms with Crippen molar-refractivity contribution < 1.29 is 9.18 Å². The van der Waals surface area contributed by atoms with E-state index in [9.17, 15) is 9.18 Å². The second-order valence-electron chi connectivity index (χ2n) is 6.19. The van der Waals surface area contributed by atoms with Gasteiger partial charge in [0.2, 0.25) is 0 Å². The highest BCUT2D eigenvalue weighted by Gasteiger charge is 2.29. The first kappa shape index (κ1) is 17.1. The van der Waals surface area contributed by atoms with Gasteiger partial charge in [-0.3, -0.25) is 9.69 Å². The number of carbonyl (C=O) groups is 1.